The molecule has 2 N–H and O–H groups in total. The van der Waals surface area contributed by atoms with Crippen LogP contribution in [0.1, 0.15) is 126 Å². The average Bonchev–Trinajstić information content (AvgIpc) is 3.80. The molecule has 340 valence electrons. The van der Waals surface area contributed by atoms with Crippen LogP contribution in [0.15, 0.2) is 34.1 Å². The number of nitrogens with zero attached hydrogens (tertiary/aromatic N) is 10. The lowest BCUT2D eigenvalue weighted by atomic mass is 10.1. The molecule has 0 bridgehead atoms. The molecule has 0 unspecified atom stereocenters. The minimum atomic E-state index is -0.312. The topological polar surface area (TPSA) is 212 Å². The van der Waals surface area contributed by atoms with Gasteiger partial charge in [0.25, 0.3) is 11.1 Å². The molecule has 0 atom stereocenters. The summed E-state index contributed by atoms with van der Waals surface area (Å²) in [5.41, 5.74) is 4.98. The van der Waals surface area contributed by atoms with E-state index >= 15 is 0 Å². The molecule has 2 aliphatic rings. The fraction of sp³-hybridized carbons (Fsp3) is 0.522. The molecule has 18 nitrogen and oxygen atoms in total. The monoisotopic (exact) mass is 876 g/mol. The van der Waals surface area contributed by atoms with Crippen LogP contribution >= 0.6 is 0 Å². The third kappa shape index (κ3) is 9.24. The number of fused-ring (bicyclic) bond motifs is 2. The number of rotatable bonds is 17. The Hall–Kier alpha value is -6.14. The second-order valence-electron chi connectivity index (χ2n) is 16.7. The van der Waals surface area contributed by atoms with Gasteiger partial charge in [0.15, 0.2) is 22.6 Å². The zero-order valence-corrected chi connectivity index (χ0v) is 38.4. The van der Waals surface area contributed by atoms with Gasteiger partial charge in [-0.1, -0.05) is 41.0 Å². The van der Waals surface area contributed by atoms with Crippen molar-refractivity contribution in [1.29, 1.82) is 0 Å². The molecule has 18 heteroatoms. The first-order valence-corrected chi connectivity index (χ1v) is 22.6. The Morgan fingerprint density at radius 2 is 1.16 bits per heavy atom. The van der Waals surface area contributed by atoms with Gasteiger partial charge in [0.1, 0.15) is 22.7 Å². The van der Waals surface area contributed by atoms with Crippen LogP contribution in [-0.2, 0) is 12.8 Å². The van der Waals surface area contributed by atoms with E-state index in [0.29, 0.717) is 99.8 Å². The van der Waals surface area contributed by atoms with Crippen molar-refractivity contribution in [2.75, 3.05) is 45.9 Å². The molecule has 0 aliphatic carbocycles. The second kappa shape index (κ2) is 19.7. The predicted octanol–water partition coefficient (Wildman–Crippen LogP) is 6.00. The van der Waals surface area contributed by atoms with E-state index in [9.17, 15) is 19.2 Å². The van der Waals surface area contributed by atoms with E-state index in [0.717, 1.165) is 63.4 Å². The number of aromatic nitrogens is 10. The van der Waals surface area contributed by atoms with Crippen molar-refractivity contribution in [3.8, 4) is 34.5 Å². The number of unbranched alkanes of at least 4 members (excludes halogenated alkanes) is 1. The number of H-pyrrole nitrogens is 2. The number of Topliss-reactive ketones (excluding diaryl/α,β-unsaturated/α-hetero) is 2. The fourth-order valence-corrected chi connectivity index (χ4v) is 7.98. The number of pyridine rings is 2. The molecule has 2 fully saturated rings. The summed E-state index contributed by atoms with van der Waals surface area (Å²) in [6, 6.07) is 4.32. The van der Waals surface area contributed by atoms with Crippen LogP contribution in [0, 0.1) is 0 Å². The van der Waals surface area contributed by atoms with Crippen LogP contribution in [-0.4, -0.2) is 123 Å². The lowest BCUT2D eigenvalue weighted by Crippen LogP contribution is -2.51. The van der Waals surface area contributed by atoms with Crippen molar-refractivity contribution < 1.29 is 19.1 Å². The smallest absolute Gasteiger partial charge is 0.279 e. The average molecular weight is 877 g/mol. The summed E-state index contributed by atoms with van der Waals surface area (Å²) < 4.78 is 15.6. The number of ether oxygens (including phenoxy) is 2. The number of carbonyl (C=O) groups is 2. The minimum Gasteiger partial charge on any atom is -0.477 e. The van der Waals surface area contributed by atoms with E-state index in [1.54, 1.807) is 12.1 Å². The summed E-state index contributed by atoms with van der Waals surface area (Å²) in [5.74, 6) is 1.13. The SMILES string of the molecule is CCCCOc1ncc(C(C)=O)cc1-c1nc2c(CC)n(C3CN(CC)C3)nc2c(=O)[nH]1.CCCOc1ncc(C(C)=O)cc1-c1nc2c(CC)n(C3CN(C(C)C)C3)nc2c(=O)[nH]1. The van der Waals surface area contributed by atoms with Crippen LogP contribution < -0.4 is 20.6 Å². The highest BCUT2D eigenvalue weighted by atomic mass is 16.5. The van der Waals surface area contributed by atoms with Crippen LogP contribution in [0.4, 0.5) is 0 Å². The number of likely N-dealkylation sites (tertiary alicyclic amines) is 2. The lowest BCUT2D eigenvalue weighted by Gasteiger charge is -2.42. The normalized spacial score (nSPS) is 14.7. The molecule has 0 amide bonds. The van der Waals surface area contributed by atoms with Crippen LogP contribution in [0.3, 0.4) is 0 Å². The van der Waals surface area contributed by atoms with Crippen molar-refractivity contribution in [2.24, 2.45) is 0 Å². The van der Waals surface area contributed by atoms with Gasteiger partial charge in [-0.2, -0.15) is 10.2 Å². The van der Waals surface area contributed by atoms with E-state index in [1.807, 2.05) is 30.1 Å². The molecule has 2 aliphatic heterocycles. The second-order valence-corrected chi connectivity index (χ2v) is 16.7. The highest BCUT2D eigenvalue weighted by Gasteiger charge is 2.34. The number of carbonyl (C=O) groups excluding carboxylic acids is 2. The van der Waals surface area contributed by atoms with E-state index < -0.39 is 0 Å². The summed E-state index contributed by atoms with van der Waals surface area (Å²) in [4.78, 5) is 78.5. The number of nitrogens with one attached hydrogen (secondary N) is 2. The molecule has 0 saturated carbocycles. The van der Waals surface area contributed by atoms with Gasteiger partial charge in [-0.25, -0.2) is 19.9 Å². The number of likely N-dealkylation sites (N-methyl/N-ethyl adjacent to an activating group) is 1. The number of hydrogen-bond acceptors (Lipinski definition) is 14. The number of aromatic amines is 2. The maximum absolute atomic E-state index is 13.0. The molecule has 0 radical (unpaired) electrons. The number of hydrogen-bond donors (Lipinski definition) is 2. The van der Waals surface area contributed by atoms with Crippen LogP contribution in [0.5, 0.6) is 11.8 Å². The van der Waals surface area contributed by atoms with Gasteiger partial charge in [0.2, 0.25) is 11.8 Å². The van der Waals surface area contributed by atoms with E-state index in [-0.39, 0.29) is 34.8 Å². The summed E-state index contributed by atoms with van der Waals surface area (Å²) >= 11 is 0. The van der Waals surface area contributed by atoms with Gasteiger partial charge in [-0.05, 0) is 72.1 Å². The molecular weight excluding hydrogens is 817 g/mol. The molecule has 6 aromatic heterocycles. The summed E-state index contributed by atoms with van der Waals surface area (Å²) in [7, 11) is 0. The Morgan fingerprint density at radius 1 is 0.688 bits per heavy atom. The molecule has 64 heavy (non-hydrogen) atoms. The van der Waals surface area contributed by atoms with Crippen LogP contribution in [0.25, 0.3) is 44.8 Å². The van der Waals surface area contributed by atoms with E-state index in [2.05, 4.69) is 67.6 Å². The maximum atomic E-state index is 13.0. The molecular formula is C46H60N12O6. The molecule has 0 spiro atoms. The van der Waals surface area contributed by atoms with Crippen molar-refractivity contribution in [3.63, 3.8) is 0 Å². The molecule has 0 aromatic carbocycles. The quantitative estimate of drug-likeness (QED) is 0.0795. The largest absolute Gasteiger partial charge is 0.477 e. The Bertz CT molecular complexity index is 2780. The van der Waals surface area contributed by atoms with Gasteiger partial charge in [0.05, 0.1) is 47.8 Å². The van der Waals surface area contributed by atoms with Crippen molar-refractivity contribution >= 4 is 33.6 Å². The van der Waals surface area contributed by atoms with Crippen molar-refractivity contribution in [2.45, 2.75) is 113 Å². The molecule has 8 rings (SSSR count). The zero-order valence-electron chi connectivity index (χ0n) is 38.4. The Morgan fingerprint density at radius 3 is 1.56 bits per heavy atom. The zero-order chi connectivity index (χ0) is 45.8. The lowest BCUT2D eigenvalue weighted by molar-refractivity contribution is 0.0663. The first-order chi connectivity index (χ1) is 30.8. The van der Waals surface area contributed by atoms with Crippen molar-refractivity contribution in [3.05, 3.63) is 67.7 Å². The third-order valence-corrected chi connectivity index (χ3v) is 11.9. The van der Waals surface area contributed by atoms with Gasteiger partial charge in [-0.15, -0.1) is 0 Å². The molecule has 8 heterocycles. The Labute approximate surface area is 371 Å². The van der Waals surface area contributed by atoms with E-state index in [4.69, 9.17) is 19.4 Å². The first-order valence-electron chi connectivity index (χ1n) is 22.6. The Balaban J connectivity index is 0.000000191. The maximum Gasteiger partial charge on any atom is 0.279 e. The standard InChI is InChI=1S/2C23H30N6O3/c1-6-8-32-23-17(9-15(10-24-23)14(5)30)21-25-19-18(7-2)29(27-20(19)22(31)26-21)16-11-28(12-16)13(3)4;1-5-8-9-32-23-17(10-15(11-24-23)14(4)30)21-25-19-18(6-2)29(16-12-28(7-3)13-16)27-20(19)22(31)26-21/h9-10,13,16H,6-8,11-12H2,1-5H3,(H,25,26,31);10-11,16H,5-9,12-13H2,1-4H3,(H,25,26,31). The summed E-state index contributed by atoms with van der Waals surface area (Å²) in [6.45, 7) is 23.2. The summed E-state index contributed by atoms with van der Waals surface area (Å²) in [5, 5.41) is 9.25. The van der Waals surface area contributed by atoms with E-state index in [1.165, 1.54) is 26.2 Å². The molecule has 2 saturated heterocycles. The third-order valence-electron chi connectivity index (χ3n) is 11.9. The Kier molecular flexibility index (Phi) is 14.1. The predicted molar refractivity (Wildman–Crippen MR) is 245 cm³/mol. The van der Waals surface area contributed by atoms with Crippen LogP contribution in [0.2, 0.25) is 0 Å². The minimum absolute atomic E-state index is 0.116. The van der Waals surface area contributed by atoms with Gasteiger partial charge >= 0.3 is 0 Å². The fourth-order valence-electron chi connectivity index (χ4n) is 7.98. The number of aryl methyl sites for hydroxylation is 2. The van der Waals surface area contributed by atoms with Gasteiger partial charge in [0, 0.05) is 55.7 Å². The molecule has 6 aromatic rings. The first kappa shape index (κ1) is 45.9. The highest BCUT2D eigenvalue weighted by molar-refractivity contribution is 5.96. The number of ketones is 2. The van der Waals surface area contributed by atoms with Crippen molar-refractivity contribution in [1.82, 2.24) is 59.3 Å². The summed E-state index contributed by atoms with van der Waals surface area (Å²) in [6.07, 6.45) is 7.06. The van der Waals surface area contributed by atoms with Gasteiger partial charge in [-0.3, -0.25) is 38.3 Å². The van der Waals surface area contributed by atoms with Gasteiger partial charge < -0.3 is 19.4 Å². The highest BCUT2D eigenvalue weighted by Crippen LogP contribution is 2.32.